The number of H-pyrrole nitrogens is 1. The van der Waals surface area contributed by atoms with E-state index in [-0.39, 0.29) is 17.0 Å². The van der Waals surface area contributed by atoms with E-state index < -0.39 is 39.8 Å². The van der Waals surface area contributed by atoms with E-state index >= 15 is 0 Å². The van der Waals surface area contributed by atoms with Crippen LogP contribution in [-0.4, -0.2) is 10.9 Å². The van der Waals surface area contributed by atoms with Crippen LogP contribution in [0.5, 0.6) is 11.5 Å². The summed E-state index contributed by atoms with van der Waals surface area (Å²) < 4.78 is 58.7. The number of aromatic nitrogens is 1. The second-order valence-corrected chi connectivity index (χ2v) is 6.64. The highest BCUT2D eigenvalue weighted by Crippen LogP contribution is 2.40. The molecule has 0 radical (unpaired) electrons. The first-order valence-electron chi connectivity index (χ1n) is 8.39. The molecular formula is C20H13ClF4N2O3. The zero-order valence-electron chi connectivity index (χ0n) is 15.2. The second-order valence-electron chi connectivity index (χ2n) is 6.23. The van der Waals surface area contributed by atoms with Crippen LogP contribution in [-0.2, 0) is 6.18 Å². The molecule has 2 aromatic carbocycles. The molecule has 1 aromatic heterocycles. The number of anilines is 1. The van der Waals surface area contributed by atoms with E-state index in [4.69, 9.17) is 16.3 Å². The van der Waals surface area contributed by atoms with Crippen LogP contribution >= 0.6 is 11.6 Å². The molecule has 10 heteroatoms. The molecule has 1 amide bonds. The lowest BCUT2D eigenvalue weighted by Crippen LogP contribution is -2.16. The maximum absolute atomic E-state index is 13.3. The number of alkyl halides is 3. The molecule has 2 N–H and O–H groups in total. The van der Waals surface area contributed by atoms with Crippen LogP contribution in [0.3, 0.4) is 0 Å². The third-order valence-corrected chi connectivity index (χ3v) is 4.32. The molecule has 156 valence electrons. The maximum Gasteiger partial charge on any atom is 0.417 e. The van der Waals surface area contributed by atoms with Crippen molar-refractivity contribution in [1.29, 1.82) is 0 Å². The van der Waals surface area contributed by atoms with E-state index in [1.165, 1.54) is 25.3 Å². The molecule has 1 heterocycles. The van der Waals surface area contributed by atoms with Gasteiger partial charge in [-0.3, -0.25) is 9.59 Å². The summed E-state index contributed by atoms with van der Waals surface area (Å²) in [5, 5.41) is 1.69. The fourth-order valence-electron chi connectivity index (χ4n) is 2.60. The molecular weight excluding hydrogens is 428 g/mol. The van der Waals surface area contributed by atoms with E-state index in [2.05, 4.69) is 10.3 Å². The average molecular weight is 441 g/mol. The van der Waals surface area contributed by atoms with E-state index in [0.29, 0.717) is 11.6 Å². The number of aromatic amines is 1. The lowest BCUT2D eigenvalue weighted by molar-refractivity contribution is -0.137. The Morgan fingerprint density at radius 3 is 2.47 bits per heavy atom. The summed E-state index contributed by atoms with van der Waals surface area (Å²) in [6.45, 7) is 1.50. The summed E-state index contributed by atoms with van der Waals surface area (Å²) in [4.78, 5) is 26.4. The molecule has 0 atom stereocenters. The SMILES string of the molecule is Cc1cc(F)ccc1Oc1cc(C(F)(F)F)c(Cl)cc1C(=O)Nc1cc[nH]c(=O)c1. The minimum atomic E-state index is -4.80. The Kier molecular flexibility index (Phi) is 5.84. The van der Waals surface area contributed by atoms with Gasteiger partial charge in [-0.1, -0.05) is 11.6 Å². The van der Waals surface area contributed by atoms with Crippen molar-refractivity contribution in [3.05, 3.63) is 86.5 Å². The van der Waals surface area contributed by atoms with Gasteiger partial charge in [0.15, 0.2) is 0 Å². The Morgan fingerprint density at radius 2 is 1.83 bits per heavy atom. The highest BCUT2D eigenvalue weighted by atomic mass is 35.5. The Balaban J connectivity index is 2.07. The maximum atomic E-state index is 13.3. The van der Waals surface area contributed by atoms with Crippen molar-refractivity contribution in [1.82, 2.24) is 4.98 Å². The third-order valence-electron chi connectivity index (χ3n) is 4.01. The predicted octanol–water partition coefficient (Wildman–Crippen LogP) is 5.54. The second kappa shape index (κ2) is 8.19. The monoisotopic (exact) mass is 440 g/mol. The summed E-state index contributed by atoms with van der Waals surface area (Å²) in [6.07, 6.45) is -3.51. The van der Waals surface area contributed by atoms with Crippen molar-refractivity contribution >= 4 is 23.2 Å². The van der Waals surface area contributed by atoms with E-state index in [1.54, 1.807) is 0 Å². The summed E-state index contributed by atoms with van der Waals surface area (Å²) in [5.41, 5.74) is -1.58. The van der Waals surface area contributed by atoms with Gasteiger partial charge >= 0.3 is 6.18 Å². The molecule has 0 saturated carbocycles. The first-order valence-corrected chi connectivity index (χ1v) is 8.77. The van der Waals surface area contributed by atoms with Crippen molar-refractivity contribution in [3.8, 4) is 11.5 Å². The van der Waals surface area contributed by atoms with Gasteiger partial charge in [0.25, 0.3) is 5.91 Å². The number of hydrogen-bond donors (Lipinski definition) is 2. The first-order chi connectivity index (χ1) is 14.0. The molecule has 5 nitrogen and oxygen atoms in total. The summed E-state index contributed by atoms with van der Waals surface area (Å²) >= 11 is 5.75. The van der Waals surface area contributed by atoms with E-state index in [1.807, 2.05) is 0 Å². The molecule has 0 bridgehead atoms. The molecule has 0 fully saturated rings. The summed E-state index contributed by atoms with van der Waals surface area (Å²) in [6, 6.07) is 7.32. The van der Waals surface area contributed by atoms with Gasteiger partial charge < -0.3 is 15.0 Å². The average Bonchev–Trinajstić information content (AvgIpc) is 2.64. The number of amides is 1. The van der Waals surface area contributed by atoms with E-state index in [0.717, 1.165) is 24.3 Å². The number of pyridine rings is 1. The predicted molar refractivity (Wildman–Crippen MR) is 103 cm³/mol. The number of nitrogens with one attached hydrogen (secondary N) is 2. The van der Waals surface area contributed by atoms with Gasteiger partial charge in [0.2, 0.25) is 5.56 Å². The zero-order valence-corrected chi connectivity index (χ0v) is 16.0. The van der Waals surface area contributed by atoms with Crippen LogP contribution in [0.15, 0.2) is 53.5 Å². The summed E-state index contributed by atoms with van der Waals surface area (Å²) in [5.74, 6) is -1.80. The smallest absolute Gasteiger partial charge is 0.417 e. The molecule has 0 aliphatic heterocycles. The first kappa shape index (κ1) is 21.4. The van der Waals surface area contributed by atoms with Gasteiger partial charge in [0.05, 0.1) is 16.1 Å². The lowest BCUT2D eigenvalue weighted by Gasteiger charge is -2.17. The molecule has 0 aliphatic carbocycles. The number of carbonyl (C=O) groups is 1. The topological polar surface area (TPSA) is 71.2 Å². The lowest BCUT2D eigenvalue weighted by atomic mass is 10.1. The van der Waals surface area contributed by atoms with Crippen molar-refractivity contribution in [2.24, 2.45) is 0 Å². The van der Waals surface area contributed by atoms with Crippen LogP contribution in [0.2, 0.25) is 5.02 Å². The van der Waals surface area contributed by atoms with Crippen molar-refractivity contribution in [3.63, 3.8) is 0 Å². The minimum Gasteiger partial charge on any atom is -0.456 e. The quantitative estimate of drug-likeness (QED) is 0.523. The molecule has 0 saturated heterocycles. The number of hydrogen-bond acceptors (Lipinski definition) is 3. The van der Waals surface area contributed by atoms with Crippen LogP contribution in [0.25, 0.3) is 0 Å². The van der Waals surface area contributed by atoms with Crippen molar-refractivity contribution in [2.45, 2.75) is 13.1 Å². The number of rotatable bonds is 4. The Labute approximate surface area is 172 Å². The number of halogens is 5. The third kappa shape index (κ3) is 4.80. The largest absolute Gasteiger partial charge is 0.456 e. The van der Waals surface area contributed by atoms with Crippen LogP contribution in [0.1, 0.15) is 21.5 Å². The molecule has 0 unspecified atom stereocenters. The molecule has 0 spiro atoms. The Bertz CT molecular complexity index is 1180. The van der Waals surface area contributed by atoms with Crippen LogP contribution in [0, 0.1) is 12.7 Å². The summed E-state index contributed by atoms with van der Waals surface area (Å²) in [7, 11) is 0. The van der Waals surface area contributed by atoms with Gasteiger partial charge in [-0.25, -0.2) is 4.39 Å². The van der Waals surface area contributed by atoms with Crippen LogP contribution in [0.4, 0.5) is 23.2 Å². The Hall–Kier alpha value is -3.33. The van der Waals surface area contributed by atoms with Crippen molar-refractivity contribution in [2.75, 3.05) is 5.32 Å². The van der Waals surface area contributed by atoms with Gasteiger partial charge in [-0.2, -0.15) is 13.2 Å². The van der Waals surface area contributed by atoms with Gasteiger partial charge in [0.1, 0.15) is 17.3 Å². The fourth-order valence-corrected chi connectivity index (χ4v) is 2.87. The van der Waals surface area contributed by atoms with Gasteiger partial charge in [-0.05, 0) is 48.9 Å². The van der Waals surface area contributed by atoms with Gasteiger partial charge in [-0.15, -0.1) is 0 Å². The highest BCUT2D eigenvalue weighted by Gasteiger charge is 2.35. The normalized spacial score (nSPS) is 11.3. The number of benzene rings is 2. The van der Waals surface area contributed by atoms with Crippen LogP contribution < -0.4 is 15.6 Å². The molecule has 30 heavy (non-hydrogen) atoms. The molecule has 3 rings (SSSR count). The highest BCUT2D eigenvalue weighted by molar-refractivity contribution is 6.32. The fraction of sp³-hybridized carbons (Fsp3) is 0.100. The van der Waals surface area contributed by atoms with E-state index in [9.17, 15) is 27.2 Å². The number of aryl methyl sites for hydroxylation is 1. The standard InChI is InChI=1S/C20H13ClF4N2O3/c1-10-6-11(22)2-3-16(10)30-17-9-14(20(23,24)25)15(21)8-13(17)19(29)27-12-4-5-26-18(28)7-12/h2-9H,1H3,(H2,26,27,28,29). The number of carbonyl (C=O) groups excluding carboxylic acids is 1. The zero-order chi connectivity index (χ0) is 22.1. The Morgan fingerprint density at radius 1 is 1.10 bits per heavy atom. The number of ether oxygens (including phenoxy) is 1. The molecule has 0 aliphatic rings. The van der Waals surface area contributed by atoms with Crippen molar-refractivity contribution < 1.29 is 27.1 Å². The van der Waals surface area contributed by atoms with Gasteiger partial charge in [0, 0.05) is 18.0 Å². The minimum absolute atomic E-state index is 0.0528. The molecule has 3 aromatic rings.